The molecule has 0 radical (unpaired) electrons. The lowest BCUT2D eigenvalue weighted by atomic mass is 9.93. The van der Waals surface area contributed by atoms with E-state index in [1.807, 2.05) is 0 Å². The number of rotatable bonds is 3. The van der Waals surface area contributed by atoms with Crippen LogP contribution in [0.5, 0.6) is 0 Å². The molecule has 0 spiro atoms. The van der Waals surface area contributed by atoms with E-state index in [0.29, 0.717) is 12.4 Å². The van der Waals surface area contributed by atoms with Crippen molar-refractivity contribution in [1.29, 1.82) is 0 Å². The molecule has 1 aliphatic heterocycles. The van der Waals surface area contributed by atoms with E-state index in [1.54, 1.807) is 6.92 Å². The van der Waals surface area contributed by atoms with E-state index in [-0.39, 0.29) is 17.4 Å². The van der Waals surface area contributed by atoms with Gasteiger partial charge >= 0.3 is 5.69 Å². The lowest BCUT2D eigenvalue weighted by Gasteiger charge is -2.29. The topological polar surface area (TPSA) is 81.8 Å². The number of piperidine rings is 1. The first-order valence-corrected chi connectivity index (χ1v) is 5.51. The maximum Gasteiger partial charge on any atom is 0.340 e. The highest BCUT2D eigenvalue weighted by Gasteiger charge is 2.22. The van der Waals surface area contributed by atoms with Gasteiger partial charge in [-0.05, 0) is 32.9 Å². The predicted molar refractivity (Wildman–Crippen MR) is 57.9 cm³/mol. The van der Waals surface area contributed by atoms with Crippen LogP contribution in [0.3, 0.4) is 0 Å². The monoisotopic (exact) mass is 224 g/mol. The normalized spacial score (nSPS) is 18.8. The van der Waals surface area contributed by atoms with Gasteiger partial charge in [-0.3, -0.25) is 14.7 Å². The van der Waals surface area contributed by atoms with Crippen LogP contribution in [0, 0.1) is 5.92 Å². The average Bonchev–Trinajstić information content (AvgIpc) is 2.65. The zero-order valence-corrected chi connectivity index (χ0v) is 9.32. The predicted octanol–water partition coefficient (Wildman–Crippen LogP) is -0.101. The van der Waals surface area contributed by atoms with E-state index >= 15 is 0 Å². The van der Waals surface area contributed by atoms with Crippen molar-refractivity contribution >= 4 is 5.78 Å². The van der Waals surface area contributed by atoms with Gasteiger partial charge in [0.15, 0.2) is 0 Å². The fourth-order valence-electron chi connectivity index (χ4n) is 2.09. The van der Waals surface area contributed by atoms with Crippen molar-refractivity contribution in [2.75, 3.05) is 13.1 Å². The number of likely N-dealkylation sites (tertiary alicyclic amines) is 1. The Morgan fingerprint density at radius 3 is 2.69 bits per heavy atom. The molecule has 0 amide bonds. The van der Waals surface area contributed by atoms with Crippen molar-refractivity contribution in [2.45, 2.75) is 26.3 Å². The van der Waals surface area contributed by atoms with E-state index in [9.17, 15) is 9.59 Å². The van der Waals surface area contributed by atoms with Crippen LogP contribution in [-0.2, 0) is 11.3 Å². The van der Waals surface area contributed by atoms with Crippen molar-refractivity contribution in [1.82, 2.24) is 20.1 Å². The summed E-state index contributed by atoms with van der Waals surface area (Å²) in [6.45, 7) is 4.08. The summed E-state index contributed by atoms with van der Waals surface area (Å²) in [5.74, 6) is 1.16. The van der Waals surface area contributed by atoms with E-state index in [4.69, 9.17) is 0 Å². The number of aromatic nitrogens is 3. The fourth-order valence-corrected chi connectivity index (χ4v) is 2.09. The van der Waals surface area contributed by atoms with E-state index in [0.717, 1.165) is 25.9 Å². The molecular weight excluding hydrogens is 208 g/mol. The first kappa shape index (κ1) is 11.1. The average molecular weight is 224 g/mol. The quantitative estimate of drug-likeness (QED) is 0.751. The maximum absolute atomic E-state index is 11.2. The van der Waals surface area contributed by atoms with Gasteiger partial charge in [-0.1, -0.05) is 0 Å². The minimum absolute atomic E-state index is 0.217. The van der Waals surface area contributed by atoms with Crippen molar-refractivity contribution in [2.24, 2.45) is 5.92 Å². The summed E-state index contributed by atoms with van der Waals surface area (Å²) in [7, 11) is 0. The summed E-state index contributed by atoms with van der Waals surface area (Å²) in [5, 5.41) is 6.21. The Labute approximate surface area is 93.0 Å². The van der Waals surface area contributed by atoms with Gasteiger partial charge in [-0.2, -0.15) is 5.10 Å². The summed E-state index contributed by atoms with van der Waals surface area (Å²) < 4.78 is 0. The van der Waals surface area contributed by atoms with Crippen LogP contribution in [0.1, 0.15) is 25.6 Å². The van der Waals surface area contributed by atoms with Gasteiger partial charge in [0.05, 0.1) is 6.54 Å². The Hall–Kier alpha value is -1.43. The Morgan fingerprint density at radius 2 is 2.19 bits per heavy atom. The number of carbonyl (C=O) groups excluding carboxylic acids is 1. The second kappa shape index (κ2) is 4.61. The molecule has 0 aromatic carbocycles. The molecule has 2 rings (SSSR count). The molecule has 6 nitrogen and oxygen atoms in total. The van der Waals surface area contributed by atoms with Crippen LogP contribution in [0.2, 0.25) is 0 Å². The summed E-state index contributed by atoms with van der Waals surface area (Å²) >= 11 is 0. The molecule has 1 aromatic heterocycles. The molecule has 88 valence electrons. The highest BCUT2D eigenvalue weighted by Crippen LogP contribution is 2.18. The molecule has 16 heavy (non-hydrogen) atoms. The van der Waals surface area contributed by atoms with Gasteiger partial charge in [0.2, 0.25) is 0 Å². The Kier molecular flexibility index (Phi) is 3.19. The number of H-pyrrole nitrogens is 2. The molecule has 0 unspecified atom stereocenters. The number of nitrogens with zero attached hydrogens (tertiary/aromatic N) is 2. The molecule has 0 bridgehead atoms. The number of ketones is 1. The minimum atomic E-state index is -0.270. The second-order valence-electron chi connectivity index (χ2n) is 4.29. The Balaban J connectivity index is 1.86. The molecule has 0 aliphatic carbocycles. The lowest BCUT2D eigenvalue weighted by Crippen LogP contribution is -2.35. The van der Waals surface area contributed by atoms with Gasteiger partial charge < -0.3 is 0 Å². The zero-order chi connectivity index (χ0) is 11.5. The molecule has 2 N–H and O–H groups in total. The highest BCUT2D eigenvalue weighted by atomic mass is 16.1. The number of hydrogen-bond acceptors (Lipinski definition) is 4. The first-order valence-electron chi connectivity index (χ1n) is 5.51. The highest BCUT2D eigenvalue weighted by molar-refractivity contribution is 5.78. The fraction of sp³-hybridized carbons (Fsp3) is 0.700. The van der Waals surface area contributed by atoms with Crippen LogP contribution in [0.15, 0.2) is 4.79 Å². The summed E-state index contributed by atoms with van der Waals surface area (Å²) in [6.07, 6.45) is 1.81. The third kappa shape index (κ3) is 2.57. The number of aromatic amines is 2. The van der Waals surface area contributed by atoms with E-state index < -0.39 is 0 Å². The Morgan fingerprint density at radius 1 is 1.50 bits per heavy atom. The van der Waals surface area contributed by atoms with Crippen molar-refractivity contribution in [3.63, 3.8) is 0 Å². The van der Waals surface area contributed by atoms with Gasteiger partial charge in [-0.25, -0.2) is 9.89 Å². The molecule has 1 fully saturated rings. The molecule has 0 saturated carbocycles. The molecule has 1 aliphatic rings. The van der Waals surface area contributed by atoms with Crippen molar-refractivity contribution < 1.29 is 4.79 Å². The van der Waals surface area contributed by atoms with E-state index in [1.165, 1.54) is 0 Å². The van der Waals surface area contributed by atoms with Crippen LogP contribution in [0.4, 0.5) is 0 Å². The van der Waals surface area contributed by atoms with Crippen molar-refractivity contribution in [3.8, 4) is 0 Å². The van der Waals surface area contributed by atoms with Crippen LogP contribution < -0.4 is 5.69 Å². The van der Waals surface area contributed by atoms with Crippen LogP contribution in [0.25, 0.3) is 0 Å². The zero-order valence-electron chi connectivity index (χ0n) is 9.32. The summed E-state index contributed by atoms with van der Waals surface area (Å²) in [5.41, 5.74) is -0.270. The second-order valence-corrected chi connectivity index (χ2v) is 4.29. The van der Waals surface area contributed by atoms with Crippen LogP contribution in [-0.4, -0.2) is 39.0 Å². The SMILES string of the molecule is CC(=O)C1CCN(Cc2n[nH]c(=O)[nH]2)CC1. The number of Topliss-reactive ketones (excluding diaryl/α,β-unsaturated/α-hetero) is 1. The molecule has 1 saturated heterocycles. The molecule has 2 heterocycles. The third-order valence-electron chi connectivity index (χ3n) is 3.09. The van der Waals surface area contributed by atoms with Crippen LogP contribution >= 0.6 is 0 Å². The van der Waals surface area contributed by atoms with Gasteiger partial charge in [0, 0.05) is 5.92 Å². The number of carbonyl (C=O) groups is 1. The molecular formula is C10H16N4O2. The minimum Gasteiger partial charge on any atom is -0.300 e. The lowest BCUT2D eigenvalue weighted by molar-refractivity contribution is -0.122. The largest absolute Gasteiger partial charge is 0.340 e. The van der Waals surface area contributed by atoms with Gasteiger partial charge in [0.25, 0.3) is 0 Å². The summed E-state index contributed by atoms with van der Waals surface area (Å²) in [4.78, 5) is 26.8. The number of hydrogen-bond donors (Lipinski definition) is 2. The smallest absolute Gasteiger partial charge is 0.300 e. The molecule has 0 atom stereocenters. The standard InChI is InChI=1S/C10H16N4O2/c1-7(15)8-2-4-14(5-3-8)6-9-11-10(16)13-12-9/h8H,2-6H2,1H3,(H2,11,12,13,16). The number of nitrogens with one attached hydrogen (secondary N) is 2. The third-order valence-corrected chi connectivity index (χ3v) is 3.09. The Bertz CT molecular complexity index is 414. The van der Waals surface area contributed by atoms with Gasteiger partial charge in [0.1, 0.15) is 11.6 Å². The van der Waals surface area contributed by atoms with Crippen molar-refractivity contribution in [3.05, 3.63) is 16.3 Å². The summed E-state index contributed by atoms with van der Waals surface area (Å²) in [6, 6.07) is 0. The van der Waals surface area contributed by atoms with E-state index in [2.05, 4.69) is 20.1 Å². The molecule has 6 heteroatoms. The molecule has 1 aromatic rings. The first-order chi connectivity index (χ1) is 7.65. The maximum atomic E-state index is 11.2. The van der Waals surface area contributed by atoms with Gasteiger partial charge in [-0.15, -0.1) is 0 Å².